The minimum absolute atomic E-state index is 0.0245. The third-order valence-corrected chi connectivity index (χ3v) is 5.22. The first kappa shape index (κ1) is 18.2. The van der Waals surface area contributed by atoms with Crippen molar-refractivity contribution in [3.63, 3.8) is 0 Å². The molecule has 0 aromatic heterocycles. The van der Waals surface area contributed by atoms with Crippen LogP contribution in [0.1, 0.15) is 32.7 Å². The standard InChI is InChI=1S/C22H17ClN2O3/c23-18-10-2-1-5-15(18)13-24-19(26)11-12-25-21(27)16-8-3-6-14-7-4-9-17(20(14)16)22(25)28/h1-10H,11-13H2,(H,24,26). The topological polar surface area (TPSA) is 66.5 Å². The number of carbonyl (C=O) groups is 3. The Hall–Kier alpha value is -3.18. The Kier molecular flexibility index (Phi) is 4.84. The largest absolute Gasteiger partial charge is 0.352 e. The summed E-state index contributed by atoms with van der Waals surface area (Å²) >= 11 is 6.08. The molecule has 0 bridgehead atoms. The molecule has 0 atom stereocenters. The zero-order valence-corrected chi connectivity index (χ0v) is 15.7. The fourth-order valence-electron chi connectivity index (χ4n) is 3.42. The molecule has 0 saturated carbocycles. The number of hydrogen-bond acceptors (Lipinski definition) is 3. The summed E-state index contributed by atoms with van der Waals surface area (Å²) in [4.78, 5) is 39.0. The number of nitrogens with one attached hydrogen (secondary N) is 1. The molecule has 28 heavy (non-hydrogen) atoms. The molecule has 0 fully saturated rings. The molecule has 0 radical (unpaired) electrons. The lowest BCUT2D eigenvalue weighted by Crippen LogP contribution is -2.42. The molecule has 3 aromatic rings. The Morgan fingerprint density at radius 3 is 2.18 bits per heavy atom. The molecule has 1 N–H and O–H groups in total. The quantitative estimate of drug-likeness (QED) is 0.672. The van der Waals surface area contributed by atoms with Crippen LogP contribution in [-0.2, 0) is 11.3 Å². The average Bonchev–Trinajstić information content (AvgIpc) is 2.71. The van der Waals surface area contributed by atoms with Crippen LogP contribution >= 0.6 is 11.6 Å². The van der Waals surface area contributed by atoms with Crippen LogP contribution < -0.4 is 5.32 Å². The van der Waals surface area contributed by atoms with Crippen molar-refractivity contribution in [1.29, 1.82) is 0 Å². The van der Waals surface area contributed by atoms with E-state index in [4.69, 9.17) is 11.6 Å². The molecular weight excluding hydrogens is 376 g/mol. The fourth-order valence-corrected chi connectivity index (χ4v) is 3.62. The molecule has 1 aliphatic rings. The van der Waals surface area contributed by atoms with Crippen molar-refractivity contribution in [2.75, 3.05) is 6.54 Å². The summed E-state index contributed by atoms with van der Waals surface area (Å²) in [5.74, 6) is -0.987. The van der Waals surface area contributed by atoms with Crippen LogP contribution in [0.5, 0.6) is 0 Å². The van der Waals surface area contributed by atoms with Crippen LogP contribution in [0.3, 0.4) is 0 Å². The molecule has 0 unspecified atom stereocenters. The molecule has 1 aliphatic heterocycles. The van der Waals surface area contributed by atoms with E-state index >= 15 is 0 Å². The fraction of sp³-hybridized carbons (Fsp3) is 0.136. The van der Waals surface area contributed by atoms with Crippen molar-refractivity contribution >= 4 is 40.1 Å². The van der Waals surface area contributed by atoms with E-state index < -0.39 is 0 Å². The molecule has 5 nitrogen and oxygen atoms in total. The molecule has 0 saturated heterocycles. The SMILES string of the molecule is O=C(CCN1C(=O)c2cccc3cccc(c23)C1=O)NCc1ccccc1Cl. The molecule has 6 heteroatoms. The Balaban J connectivity index is 1.46. The van der Waals surface area contributed by atoms with Gasteiger partial charge in [-0.15, -0.1) is 0 Å². The summed E-state index contributed by atoms with van der Waals surface area (Å²) in [6.07, 6.45) is 0.0279. The Morgan fingerprint density at radius 2 is 1.54 bits per heavy atom. The van der Waals surface area contributed by atoms with Crippen molar-refractivity contribution < 1.29 is 14.4 Å². The summed E-state index contributed by atoms with van der Waals surface area (Å²) in [5, 5.41) is 4.89. The average molecular weight is 393 g/mol. The normalized spacial score (nSPS) is 13.1. The van der Waals surface area contributed by atoms with Gasteiger partial charge in [-0.3, -0.25) is 19.3 Å². The summed E-state index contributed by atoms with van der Waals surface area (Å²) in [7, 11) is 0. The number of nitrogens with zero attached hydrogens (tertiary/aromatic N) is 1. The summed E-state index contributed by atoms with van der Waals surface area (Å²) in [5.41, 5.74) is 1.79. The lowest BCUT2D eigenvalue weighted by Gasteiger charge is -2.27. The van der Waals surface area contributed by atoms with Gasteiger partial charge in [-0.05, 0) is 29.1 Å². The first-order valence-electron chi connectivity index (χ1n) is 8.94. The van der Waals surface area contributed by atoms with Gasteiger partial charge in [0.15, 0.2) is 0 Å². The molecular formula is C22H17ClN2O3. The number of rotatable bonds is 5. The first-order valence-corrected chi connectivity index (χ1v) is 9.32. The highest BCUT2D eigenvalue weighted by Gasteiger charge is 2.32. The van der Waals surface area contributed by atoms with Crippen LogP contribution in [0, 0.1) is 0 Å². The molecule has 3 amide bonds. The Labute approximate surface area is 166 Å². The zero-order valence-electron chi connectivity index (χ0n) is 14.9. The number of halogens is 1. The second-order valence-electron chi connectivity index (χ2n) is 6.59. The predicted molar refractivity (Wildman–Crippen MR) is 107 cm³/mol. The van der Waals surface area contributed by atoms with Gasteiger partial charge in [0.2, 0.25) is 5.91 Å². The van der Waals surface area contributed by atoms with Gasteiger partial charge < -0.3 is 5.32 Å². The van der Waals surface area contributed by atoms with Crippen LogP contribution in [0.25, 0.3) is 10.8 Å². The van der Waals surface area contributed by atoms with E-state index in [1.807, 2.05) is 30.3 Å². The highest BCUT2D eigenvalue weighted by atomic mass is 35.5. The van der Waals surface area contributed by atoms with Crippen LogP contribution in [0.4, 0.5) is 0 Å². The summed E-state index contributed by atoms with van der Waals surface area (Å²) in [6, 6.07) is 18.0. The smallest absolute Gasteiger partial charge is 0.261 e. The predicted octanol–water partition coefficient (Wildman–Crippen LogP) is 3.80. The van der Waals surface area contributed by atoms with Crippen LogP contribution in [-0.4, -0.2) is 29.2 Å². The second-order valence-corrected chi connectivity index (χ2v) is 7.00. The summed E-state index contributed by atoms with van der Waals surface area (Å²) < 4.78 is 0. The van der Waals surface area contributed by atoms with Gasteiger partial charge in [0.25, 0.3) is 11.8 Å². The van der Waals surface area contributed by atoms with Gasteiger partial charge in [-0.1, -0.05) is 54.1 Å². The lowest BCUT2D eigenvalue weighted by atomic mass is 9.94. The highest BCUT2D eigenvalue weighted by molar-refractivity contribution is 6.31. The second kappa shape index (κ2) is 7.44. The molecule has 0 spiro atoms. The number of benzene rings is 3. The maximum Gasteiger partial charge on any atom is 0.261 e. The van der Waals surface area contributed by atoms with Gasteiger partial charge >= 0.3 is 0 Å². The van der Waals surface area contributed by atoms with E-state index in [9.17, 15) is 14.4 Å². The minimum atomic E-state index is -0.367. The minimum Gasteiger partial charge on any atom is -0.352 e. The molecule has 4 rings (SSSR count). The van der Waals surface area contributed by atoms with Gasteiger partial charge in [0.1, 0.15) is 0 Å². The number of amides is 3. The number of imide groups is 1. The maximum atomic E-state index is 12.8. The van der Waals surface area contributed by atoms with E-state index in [-0.39, 0.29) is 30.7 Å². The van der Waals surface area contributed by atoms with Gasteiger partial charge in [-0.2, -0.15) is 0 Å². The van der Waals surface area contributed by atoms with Crippen molar-refractivity contribution in [3.05, 3.63) is 82.4 Å². The number of carbonyl (C=O) groups excluding carboxylic acids is 3. The van der Waals surface area contributed by atoms with Gasteiger partial charge in [-0.25, -0.2) is 0 Å². The third kappa shape index (κ3) is 3.25. The Morgan fingerprint density at radius 1 is 0.893 bits per heavy atom. The third-order valence-electron chi connectivity index (χ3n) is 4.85. The van der Waals surface area contributed by atoms with Crippen LogP contribution in [0.15, 0.2) is 60.7 Å². The highest BCUT2D eigenvalue weighted by Crippen LogP contribution is 2.29. The summed E-state index contributed by atoms with van der Waals surface area (Å²) in [6.45, 7) is 0.319. The van der Waals surface area contributed by atoms with Gasteiger partial charge in [0.05, 0.1) is 0 Å². The van der Waals surface area contributed by atoms with Crippen LogP contribution in [0.2, 0.25) is 5.02 Å². The van der Waals surface area contributed by atoms with Crippen molar-refractivity contribution in [2.45, 2.75) is 13.0 Å². The maximum absolute atomic E-state index is 12.8. The molecule has 3 aromatic carbocycles. The molecule has 140 valence electrons. The first-order chi connectivity index (χ1) is 13.6. The van der Waals surface area contributed by atoms with E-state index in [2.05, 4.69) is 5.32 Å². The Bertz CT molecular complexity index is 1060. The molecule has 1 heterocycles. The van der Waals surface area contributed by atoms with E-state index in [1.54, 1.807) is 30.3 Å². The van der Waals surface area contributed by atoms with E-state index in [0.717, 1.165) is 15.8 Å². The molecule has 0 aliphatic carbocycles. The lowest BCUT2D eigenvalue weighted by molar-refractivity contribution is -0.121. The number of hydrogen-bond donors (Lipinski definition) is 1. The van der Waals surface area contributed by atoms with Gasteiger partial charge in [0, 0.05) is 41.0 Å². The zero-order chi connectivity index (χ0) is 19.7. The van der Waals surface area contributed by atoms with E-state index in [1.165, 1.54) is 0 Å². The van der Waals surface area contributed by atoms with Crippen molar-refractivity contribution in [2.24, 2.45) is 0 Å². The van der Waals surface area contributed by atoms with Crippen molar-refractivity contribution in [1.82, 2.24) is 10.2 Å². The van der Waals surface area contributed by atoms with E-state index in [0.29, 0.717) is 28.1 Å². The van der Waals surface area contributed by atoms with Crippen molar-refractivity contribution in [3.8, 4) is 0 Å². The monoisotopic (exact) mass is 392 g/mol.